The number of halogens is 1. The molecule has 1 atom stereocenters. The van der Waals surface area contributed by atoms with Crippen LogP contribution in [-0.2, 0) is 4.79 Å². The number of ether oxygens (including phenoxy) is 1. The van der Waals surface area contributed by atoms with Gasteiger partial charge in [0.1, 0.15) is 11.6 Å². The number of rotatable bonds is 7. The molecule has 4 nitrogen and oxygen atoms in total. The van der Waals surface area contributed by atoms with Gasteiger partial charge in [0.2, 0.25) is 0 Å². The van der Waals surface area contributed by atoms with Gasteiger partial charge in [-0.1, -0.05) is 30.3 Å². The van der Waals surface area contributed by atoms with Crippen LogP contribution in [0.4, 0.5) is 15.8 Å². The van der Waals surface area contributed by atoms with Gasteiger partial charge in [-0.05, 0) is 61.0 Å². The van der Waals surface area contributed by atoms with E-state index in [0.29, 0.717) is 5.75 Å². The van der Waals surface area contributed by atoms with E-state index in [1.165, 1.54) is 12.1 Å². The lowest BCUT2D eigenvalue weighted by atomic mass is 10.1. The van der Waals surface area contributed by atoms with Gasteiger partial charge in [0.15, 0.2) is 6.61 Å². The smallest absolute Gasteiger partial charge is 0.258 e. The van der Waals surface area contributed by atoms with Crippen LogP contribution in [0.5, 0.6) is 5.75 Å². The van der Waals surface area contributed by atoms with E-state index in [0.717, 1.165) is 16.9 Å². The Bertz CT molecular complexity index is 865. The summed E-state index contributed by atoms with van der Waals surface area (Å²) in [6, 6.07) is 23.1. The summed E-state index contributed by atoms with van der Waals surface area (Å²) in [5, 5.41) is 6.11. The van der Waals surface area contributed by atoms with Gasteiger partial charge in [0, 0.05) is 11.4 Å². The van der Waals surface area contributed by atoms with E-state index in [4.69, 9.17) is 4.74 Å². The first-order valence-electron chi connectivity index (χ1n) is 8.70. The Morgan fingerprint density at radius 3 is 2.22 bits per heavy atom. The maximum Gasteiger partial charge on any atom is 0.258 e. The second-order valence-corrected chi connectivity index (χ2v) is 6.14. The van der Waals surface area contributed by atoms with Gasteiger partial charge < -0.3 is 15.4 Å². The molecule has 0 aliphatic rings. The standard InChI is InChI=1S/C22H21FN2O2/c1-16(17-7-9-18(23)10-8-17)24-22(26)15-27-21-13-11-20(12-14-21)25-19-5-3-2-4-6-19/h2-14,16,25H,15H2,1H3,(H,24,26)/t16-/m0/s1. The van der Waals surface area contributed by atoms with Crippen LogP contribution >= 0.6 is 0 Å². The van der Waals surface area contributed by atoms with Crippen LogP contribution in [0.3, 0.4) is 0 Å². The number of hydrogen-bond acceptors (Lipinski definition) is 3. The Morgan fingerprint density at radius 1 is 0.926 bits per heavy atom. The molecule has 138 valence electrons. The molecule has 0 bridgehead atoms. The number of amides is 1. The van der Waals surface area contributed by atoms with Gasteiger partial charge in [-0.2, -0.15) is 0 Å². The summed E-state index contributed by atoms with van der Waals surface area (Å²) in [5.41, 5.74) is 2.77. The van der Waals surface area contributed by atoms with Crippen molar-refractivity contribution in [2.75, 3.05) is 11.9 Å². The lowest BCUT2D eigenvalue weighted by Gasteiger charge is -2.15. The Labute approximate surface area is 158 Å². The van der Waals surface area contributed by atoms with Crippen molar-refractivity contribution < 1.29 is 13.9 Å². The van der Waals surface area contributed by atoms with Crippen LogP contribution in [0.2, 0.25) is 0 Å². The lowest BCUT2D eigenvalue weighted by Crippen LogP contribution is -2.31. The van der Waals surface area contributed by atoms with Crippen molar-refractivity contribution in [3.63, 3.8) is 0 Å². The zero-order valence-electron chi connectivity index (χ0n) is 15.0. The maximum absolute atomic E-state index is 13.0. The molecule has 27 heavy (non-hydrogen) atoms. The molecule has 0 aliphatic heterocycles. The van der Waals surface area contributed by atoms with Crippen LogP contribution < -0.4 is 15.4 Å². The molecule has 0 fully saturated rings. The number of benzene rings is 3. The lowest BCUT2D eigenvalue weighted by molar-refractivity contribution is -0.123. The van der Waals surface area contributed by atoms with E-state index < -0.39 is 0 Å². The number of nitrogens with one attached hydrogen (secondary N) is 2. The van der Waals surface area contributed by atoms with Crippen molar-refractivity contribution in [3.8, 4) is 5.75 Å². The van der Waals surface area contributed by atoms with Crippen LogP contribution in [-0.4, -0.2) is 12.5 Å². The molecule has 0 saturated carbocycles. The van der Waals surface area contributed by atoms with Crippen LogP contribution in [0.25, 0.3) is 0 Å². The molecule has 3 aromatic carbocycles. The van der Waals surface area contributed by atoms with Crippen LogP contribution in [0, 0.1) is 5.82 Å². The van der Waals surface area contributed by atoms with E-state index in [1.807, 2.05) is 61.5 Å². The molecule has 0 radical (unpaired) electrons. The molecule has 0 saturated heterocycles. The van der Waals surface area contributed by atoms with E-state index in [2.05, 4.69) is 10.6 Å². The summed E-state index contributed by atoms with van der Waals surface area (Å²) in [6.45, 7) is 1.76. The molecule has 3 aromatic rings. The number of para-hydroxylation sites is 1. The molecular formula is C22H21FN2O2. The fourth-order valence-corrected chi connectivity index (χ4v) is 2.59. The van der Waals surface area contributed by atoms with Gasteiger partial charge in [-0.3, -0.25) is 4.79 Å². The zero-order valence-corrected chi connectivity index (χ0v) is 15.0. The fraction of sp³-hybridized carbons (Fsp3) is 0.136. The summed E-state index contributed by atoms with van der Waals surface area (Å²) in [7, 11) is 0. The zero-order chi connectivity index (χ0) is 19.1. The first-order valence-corrected chi connectivity index (χ1v) is 8.70. The summed E-state index contributed by atoms with van der Waals surface area (Å²) in [5.74, 6) is 0.0716. The fourth-order valence-electron chi connectivity index (χ4n) is 2.59. The average Bonchev–Trinajstić information content (AvgIpc) is 2.69. The molecule has 3 rings (SSSR count). The third-order valence-electron chi connectivity index (χ3n) is 4.03. The molecule has 0 heterocycles. The topological polar surface area (TPSA) is 50.4 Å². The summed E-state index contributed by atoms with van der Waals surface area (Å²) >= 11 is 0. The van der Waals surface area contributed by atoms with Gasteiger partial charge in [0.25, 0.3) is 5.91 Å². The predicted molar refractivity (Wildman–Crippen MR) is 105 cm³/mol. The Balaban J connectivity index is 1.47. The summed E-state index contributed by atoms with van der Waals surface area (Å²) in [6.07, 6.45) is 0. The Morgan fingerprint density at radius 2 is 1.56 bits per heavy atom. The Hall–Kier alpha value is -3.34. The molecule has 2 N–H and O–H groups in total. The molecule has 0 aliphatic carbocycles. The largest absolute Gasteiger partial charge is 0.484 e. The van der Waals surface area contributed by atoms with E-state index in [1.54, 1.807) is 12.1 Å². The number of carbonyl (C=O) groups is 1. The highest BCUT2D eigenvalue weighted by molar-refractivity contribution is 5.78. The van der Waals surface area contributed by atoms with Crippen molar-refractivity contribution in [1.82, 2.24) is 5.32 Å². The quantitative estimate of drug-likeness (QED) is 0.632. The van der Waals surface area contributed by atoms with E-state index in [9.17, 15) is 9.18 Å². The highest BCUT2D eigenvalue weighted by atomic mass is 19.1. The van der Waals surface area contributed by atoms with Crippen LogP contribution in [0.1, 0.15) is 18.5 Å². The van der Waals surface area contributed by atoms with Crippen molar-refractivity contribution in [3.05, 3.63) is 90.2 Å². The Kier molecular flexibility index (Phi) is 6.05. The number of hydrogen-bond donors (Lipinski definition) is 2. The minimum atomic E-state index is -0.300. The average molecular weight is 364 g/mol. The monoisotopic (exact) mass is 364 g/mol. The van der Waals surface area contributed by atoms with Crippen LogP contribution in [0.15, 0.2) is 78.9 Å². The molecule has 0 unspecified atom stereocenters. The van der Waals surface area contributed by atoms with Crippen molar-refractivity contribution >= 4 is 17.3 Å². The minimum absolute atomic E-state index is 0.0863. The summed E-state index contributed by atoms with van der Waals surface area (Å²) < 4.78 is 18.5. The summed E-state index contributed by atoms with van der Waals surface area (Å²) in [4.78, 5) is 12.1. The normalized spacial score (nSPS) is 11.5. The van der Waals surface area contributed by atoms with E-state index in [-0.39, 0.29) is 24.4 Å². The third-order valence-corrected chi connectivity index (χ3v) is 4.03. The number of anilines is 2. The molecule has 1 amide bonds. The molecular weight excluding hydrogens is 343 g/mol. The SMILES string of the molecule is C[C@H](NC(=O)COc1ccc(Nc2ccccc2)cc1)c1ccc(F)cc1. The predicted octanol–water partition coefficient (Wildman–Crippen LogP) is 4.83. The first-order chi connectivity index (χ1) is 13.1. The second kappa shape index (κ2) is 8.85. The highest BCUT2D eigenvalue weighted by Crippen LogP contribution is 2.20. The maximum atomic E-state index is 13.0. The van der Waals surface area contributed by atoms with Crippen molar-refractivity contribution in [2.24, 2.45) is 0 Å². The van der Waals surface area contributed by atoms with Gasteiger partial charge >= 0.3 is 0 Å². The molecule has 5 heteroatoms. The first kappa shape index (κ1) is 18.5. The number of carbonyl (C=O) groups excluding carboxylic acids is 1. The van der Waals surface area contributed by atoms with Gasteiger partial charge in [-0.15, -0.1) is 0 Å². The van der Waals surface area contributed by atoms with Crippen molar-refractivity contribution in [2.45, 2.75) is 13.0 Å². The van der Waals surface area contributed by atoms with E-state index >= 15 is 0 Å². The molecule has 0 aromatic heterocycles. The van der Waals surface area contributed by atoms with Gasteiger partial charge in [-0.25, -0.2) is 4.39 Å². The van der Waals surface area contributed by atoms with Gasteiger partial charge in [0.05, 0.1) is 6.04 Å². The minimum Gasteiger partial charge on any atom is -0.484 e. The third kappa shape index (κ3) is 5.57. The second-order valence-electron chi connectivity index (χ2n) is 6.14. The highest BCUT2D eigenvalue weighted by Gasteiger charge is 2.10. The van der Waals surface area contributed by atoms with Crippen molar-refractivity contribution in [1.29, 1.82) is 0 Å². The molecule has 0 spiro atoms.